The number of benzene rings is 1. The molecule has 1 amide bonds. The third-order valence-corrected chi connectivity index (χ3v) is 8.23. The molecule has 4 rings (SSSR count). The van der Waals surface area contributed by atoms with Crippen LogP contribution in [0.4, 0.5) is 5.82 Å². The van der Waals surface area contributed by atoms with Gasteiger partial charge in [0.1, 0.15) is 5.82 Å². The summed E-state index contributed by atoms with van der Waals surface area (Å²) in [6.07, 6.45) is 8.12. The van der Waals surface area contributed by atoms with Crippen LogP contribution < -0.4 is 5.32 Å². The Balaban J connectivity index is 1.62. The second-order valence-corrected chi connectivity index (χ2v) is 11.9. The molecule has 1 aliphatic rings. The van der Waals surface area contributed by atoms with Crippen LogP contribution in [0.15, 0.2) is 53.7 Å². The average molecular weight is 497 g/mol. The van der Waals surface area contributed by atoms with Gasteiger partial charge in [0, 0.05) is 42.5 Å². The van der Waals surface area contributed by atoms with Crippen molar-refractivity contribution in [2.75, 3.05) is 12.4 Å². The van der Waals surface area contributed by atoms with E-state index >= 15 is 0 Å². The van der Waals surface area contributed by atoms with Crippen molar-refractivity contribution >= 4 is 21.7 Å². The fourth-order valence-corrected chi connectivity index (χ4v) is 5.65. The molecule has 1 aromatic carbocycles. The van der Waals surface area contributed by atoms with E-state index in [0.717, 1.165) is 37.8 Å². The van der Waals surface area contributed by atoms with Crippen LogP contribution in [-0.2, 0) is 15.4 Å². The highest BCUT2D eigenvalue weighted by Gasteiger charge is 2.30. The molecule has 0 unspecified atom stereocenters. The average Bonchev–Trinajstić information content (AvgIpc) is 3.29. The first-order valence-corrected chi connectivity index (χ1v) is 13.3. The molecule has 9 nitrogen and oxygen atoms in total. The van der Waals surface area contributed by atoms with E-state index < -0.39 is 15.9 Å². The smallest absolute Gasteiger partial charge is 0.256 e. The van der Waals surface area contributed by atoms with Crippen LogP contribution in [-0.4, -0.2) is 51.5 Å². The van der Waals surface area contributed by atoms with Crippen LogP contribution in [0.1, 0.15) is 68.9 Å². The number of carbonyl (C=O) groups excluding carboxylic acids is 1. The molecule has 2 heterocycles. The molecule has 1 fully saturated rings. The lowest BCUT2D eigenvalue weighted by Crippen LogP contribution is -2.38. The van der Waals surface area contributed by atoms with Gasteiger partial charge in [0.15, 0.2) is 0 Å². The third-order valence-electron chi connectivity index (χ3n) is 6.32. The molecule has 0 saturated heterocycles. The molecule has 2 aromatic heterocycles. The first kappa shape index (κ1) is 25.0. The van der Waals surface area contributed by atoms with E-state index in [1.165, 1.54) is 21.1 Å². The number of nitrogens with one attached hydrogen (secondary N) is 1. The van der Waals surface area contributed by atoms with Crippen molar-refractivity contribution < 1.29 is 13.2 Å². The molecule has 3 aromatic rings. The minimum absolute atomic E-state index is 0.0118. The van der Waals surface area contributed by atoms with Gasteiger partial charge in [-0.2, -0.15) is 14.1 Å². The largest absolute Gasteiger partial charge is 0.306 e. The number of amides is 1. The lowest BCUT2D eigenvalue weighted by atomic mass is 9.92. The Morgan fingerprint density at radius 1 is 1.06 bits per heavy atom. The summed E-state index contributed by atoms with van der Waals surface area (Å²) in [5.74, 6) is 0.280. The zero-order valence-electron chi connectivity index (χ0n) is 20.6. The summed E-state index contributed by atoms with van der Waals surface area (Å²) in [4.78, 5) is 21.8. The van der Waals surface area contributed by atoms with E-state index in [1.54, 1.807) is 43.7 Å². The van der Waals surface area contributed by atoms with Gasteiger partial charge in [-0.3, -0.25) is 4.79 Å². The molecule has 0 radical (unpaired) electrons. The number of anilines is 1. The number of rotatable bonds is 6. The quantitative estimate of drug-likeness (QED) is 0.549. The second-order valence-electron chi connectivity index (χ2n) is 9.92. The van der Waals surface area contributed by atoms with E-state index in [-0.39, 0.29) is 21.9 Å². The fourth-order valence-electron chi connectivity index (χ4n) is 4.18. The van der Waals surface area contributed by atoms with Gasteiger partial charge in [-0.15, -0.1) is 0 Å². The van der Waals surface area contributed by atoms with E-state index in [2.05, 4.69) is 20.4 Å². The van der Waals surface area contributed by atoms with E-state index in [4.69, 9.17) is 0 Å². The van der Waals surface area contributed by atoms with Crippen molar-refractivity contribution in [2.24, 2.45) is 0 Å². The third kappa shape index (κ3) is 5.43. The minimum Gasteiger partial charge on any atom is -0.306 e. The van der Waals surface area contributed by atoms with Crippen molar-refractivity contribution in [1.29, 1.82) is 0 Å². The van der Waals surface area contributed by atoms with E-state index in [1.807, 2.05) is 20.8 Å². The van der Waals surface area contributed by atoms with Crippen molar-refractivity contribution in [3.8, 4) is 5.95 Å². The van der Waals surface area contributed by atoms with Crippen LogP contribution in [0.2, 0.25) is 0 Å². The summed E-state index contributed by atoms with van der Waals surface area (Å²) in [7, 11) is -2.09. The SMILES string of the molecule is CN(C1CCCCC1)S(=O)(=O)c1cccc(C(=O)Nc2cc(C(C)(C)C)nn2-c2ncccn2)c1. The normalized spacial score (nSPS) is 15.3. The van der Waals surface area contributed by atoms with Crippen LogP contribution in [0.3, 0.4) is 0 Å². The van der Waals surface area contributed by atoms with Crippen LogP contribution >= 0.6 is 0 Å². The molecular weight excluding hydrogens is 464 g/mol. The zero-order chi connectivity index (χ0) is 25.2. The maximum Gasteiger partial charge on any atom is 0.256 e. The topological polar surface area (TPSA) is 110 Å². The summed E-state index contributed by atoms with van der Waals surface area (Å²) in [5.41, 5.74) is 0.727. The predicted octanol–water partition coefficient (Wildman–Crippen LogP) is 4.17. The van der Waals surface area contributed by atoms with Crippen LogP contribution in [0.25, 0.3) is 5.95 Å². The standard InChI is InChI=1S/C25H32N6O3S/c1-25(2,3)21-17-22(31(29-21)24-26-14-9-15-27-24)28-23(32)18-10-8-13-20(16-18)35(33,34)30(4)19-11-6-5-7-12-19/h8-10,13-17,19H,5-7,11-12H2,1-4H3,(H,28,32). The summed E-state index contributed by atoms with van der Waals surface area (Å²) in [5, 5.41) is 7.47. The monoisotopic (exact) mass is 496 g/mol. The van der Waals surface area contributed by atoms with Gasteiger partial charge in [-0.25, -0.2) is 18.4 Å². The second kappa shape index (κ2) is 9.87. The number of hydrogen-bond donors (Lipinski definition) is 1. The van der Waals surface area contributed by atoms with Gasteiger partial charge in [-0.05, 0) is 37.1 Å². The van der Waals surface area contributed by atoms with Crippen LogP contribution in [0.5, 0.6) is 0 Å². The van der Waals surface area contributed by atoms with Crippen molar-refractivity contribution in [1.82, 2.24) is 24.1 Å². The number of carbonyl (C=O) groups is 1. The number of hydrogen-bond acceptors (Lipinski definition) is 6. The molecule has 1 N–H and O–H groups in total. The molecule has 35 heavy (non-hydrogen) atoms. The van der Waals surface area contributed by atoms with Crippen molar-refractivity contribution in [2.45, 2.75) is 69.2 Å². The van der Waals surface area contributed by atoms with Crippen molar-refractivity contribution in [3.63, 3.8) is 0 Å². The molecule has 186 valence electrons. The maximum atomic E-state index is 13.3. The molecule has 0 bridgehead atoms. The molecule has 1 aliphatic carbocycles. The highest BCUT2D eigenvalue weighted by atomic mass is 32.2. The Morgan fingerprint density at radius 2 is 1.74 bits per heavy atom. The Bertz CT molecular complexity index is 1290. The summed E-state index contributed by atoms with van der Waals surface area (Å²) in [6, 6.07) is 9.62. The molecule has 1 saturated carbocycles. The van der Waals surface area contributed by atoms with Crippen molar-refractivity contribution in [3.05, 3.63) is 60.0 Å². The Labute approximate surface area is 206 Å². The Morgan fingerprint density at radius 3 is 2.40 bits per heavy atom. The predicted molar refractivity (Wildman–Crippen MR) is 134 cm³/mol. The molecule has 10 heteroatoms. The van der Waals surface area contributed by atoms with Gasteiger partial charge in [0.25, 0.3) is 11.9 Å². The Hall–Kier alpha value is -3.11. The van der Waals surface area contributed by atoms with Gasteiger partial charge in [0.2, 0.25) is 10.0 Å². The molecular formula is C25H32N6O3S. The number of aromatic nitrogens is 4. The van der Waals surface area contributed by atoms with Gasteiger partial charge >= 0.3 is 0 Å². The van der Waals surface area contributed by atoms with E-state index in [9.17, 15) is 13.2 Å². The minimum atomic E-state index is -3.72. The highest BCUT2D eigenvalue weighted by Crippen LogP contribution is 2.28. The number of nitrogens with zero attached hydrogens (tertiary/aromatic N) is 5. The summed E-state index contributed by atoms with van der Waals surface area (Å²) in [6.45, 7) is 6.07. The van der Waals surface area contributed by atoms with Crippen LogP contribution in [0, 0.1) is 0 Å². The molecule has 0 spiro atoms. The van der Waals surface area contributed by atoms with Gasteiger partial charge in [-0.1, -0.05) is 46.1 Å². The number of sulfonamides is 1. The van der Waals surface area contributed by atoms with E-state index in [0.29, 0.717) is 11.8 Å². The zero-order valence-corrected chi connectivity index (χ0v) is 21.4. The Kier molecular flexibility index (Phi) is 7.05. The summed E-state index contributed by atoms with van der Waals surface area (Å²) < 4.78 is 29.5. The van der Waals surface area contributed by atoms with Gasteiger partial charge in [0.05, 0.1) is 10.6 Å². The molecule has 0 atom stereocenters. The summed E-state index contributed by atoms with van der Waals surface area (Å²) >= 11 is 0. The van der Waals surface area contributed by atoms with Gasteiger partial charge < -0.3 is 5.32 Å². The first-order chi connectivity index (χ1) is 16.6. The first-order valence-electron chi connectivity index (χ1n) is 11.8. The lowest BCUT2D eigenvalue weighted by Gasteiger charge is -2.30. The fraction of sp³-hybridized carbons (Fsp3) is 0.440. The highest BCUT2D eigenvalue weighted by molar-refractivity contribution is 7.89. The molecule has 0 aliphatic heterocycles. The lowest BCUT2D eigenvalue weighted by molar-refractivity contribution is 0.102. The maximum absolute atomic E-state index is 13.3.